The second kappa shape index (κ2) is 40.6. The average molecular weight is 1550 g/mol. The van der Waals surface area contributed by atoms with E-state index < -0.39 is 16.6 Å². The summed E-state index contributed by atoms with van der Waals surface area (Å²) in [5.41, 5.74) is 20.2. The first-order valence-electron chi connectivity index (χ1n) is 37.7. The Balaban J connectivity index is 0.000000270. The first kappa shape index (κ1) is 91.3. The molecule has 9 aromatic rings. The third kappa shape index (κ3) is 28.5. The molecule has 0 aliphatic heterocycles. The van der Waals surface area contributed by atoms with Crippen LogP contribution in [0.3, 0.4) is 0 Å². The fourth-order valence-electron chi connectivity index (χ4n) is 10.7. The van der Waals surface area contributed by atoms with Crippen LogP contribution in [0, 0.1) is 0 Å². The van der Waals surface area contributed by atoms with Gasteiger partial charge in [-0.1, -0.05) is 140 Å². The first-order chi connectivity index (χ1) is 50.6. The van der Waals surface area contributed by atoms with Crippen LogP contribution in [-0.4, -0.2) is 125 Å². The molecule has 0 unspecified atom stereocenters. The summed E-state index contributed by atoms with van der Waals surface area (Å²) >= 11 is 0. The van der Waals surface area contributed by atoms with Crippen LogP contribution in [0.25, 0.3) is 17.1 Å². The summed E-state index contributed by atoms with van der Waals surface area (Å²) in [4.78, 5) is 49.9. The molecule has 0 spiro atoms. The number of hydrogen-bond donors (Lipinski definition) is 2. The van der Waals surface area contributed by atoms with Gasteiger partial charge in [0.25, 0.3) is 0 Å². The van der Waals surface area contributed by atoms with Crippen molar-refractivity contribution in [3.8, 4) is 34.3 Å². The molecule has 3 N–H and O–H groups in total. The van der Waals surface area contributed by atoms with Crippen molar-refractivity contribution in [1.29, 1.82) is 0 Å². The van der Waals surface area contributed by atoms with Crippen molar-refractivity contribution in [1.82, 2.24) is 44.3 Å². The van der Waals surface area contributed by atoms with Gasteiger partial charge < -0.3 is 33.9 Å². The fourth-order valence-corrected chi connectivity index (χ4v) is 12.8. The van der Waals surface area contributed by atoms with Gasteiger partial charge in [0.2, 0.25) is 0 Å². The van der Waals surface area contributed by atoms with E-state index in [1.165, 1.54) is 0 Å². The number of nitrogens with zero attached hydrogens (tertiary/aromatic N) is 9. The molecule has 0 saturated carbocycles. The number of aliphatic hydroxyl groups excluding tert-OH is 1. The molecule has 6 heterocycles. The minimum absolute atomic E-state index is 0. The Kier molecular flexibility index (Phi) is 34.0. The summed E-state index contributed by atoms with van der Waals surface area (Å²) in [5, 5.41) is 23.8. The van der Waals surface area contributed by atoms with Crippen LogP contribution >= 0.6 is 12.4 Å². The normalized spacial score (nSPS) is 12.0. The zero-order valence-corrected chi connectivity index (χ0v) is 72.3. The highest BCUT2D eigenvalue weighted by Gasteiger charge is 2.38. The Hall–Kier alpha value is -8.29. The van der Waals surface area contributed by atoms with Crippen molar-refractivity contribution in [3.63, 3.8) is 0 Å². The third-order valence-corrected chi connectivity index (χ3v) is 28.7. The van der Waals surface area contributed by atoms with Crippen LogP contribution < -0.4 is 19.9 Å². The molecule has 19 nitrogen and oxygen atoms in total. The summed E-state index contributed by atoms with van der Waals surface area (Å²) in [7, 11) is 1.55. The molecule has 6 aromatic heterocycles. The summed E-state index contributed by atoms with van der Waals surface area (Å²) < 4.78 is 34.2. The van der Waals surface area contributed by atoms with Gasteiger partial charge >= 0.3 is 0 Å². The highest BCUT2D eigenvalue weighted by atomic mass is 35.5. The van der Waals surface area contributed by atoms with Crippen LogP contribution in [0.15, 0.2) is 146 Å². The minimum Gasteiger partial charge on any atom is -0.497 e. The number of Topliss-reactive ketones (excluding diaryl/α,β-unsaturated/α-hetero) is 3. The van der Waals surface area contributed by atoms with Gasteiger partial charge in [-0.15, -0.1) is 12.4 Å². The number of ether oxygens (including phenoxy) is 3. The maximum atomic E-state index is 12.9. The van der Waals surface area contributed by atoms with Crippen LogP contribution in [0.5, 0.6) is 17.2 Å². The van der Waals surface area contributed by atoms with Crippen LogP contribution in [0.4, 0.5) is 0 Å². The topological polar surface area (TPSA) is 236 Å². The maximum Gasteiger partial charge on any atom is 0.191 e. The quantitative estimate of drug-likeness (QED) is 0.0415. The fraction of sp³-hybridized carbons (Fsp3) is 0.483. The van der Waals surface area contributed by atoms with Gasteiger partial charge in [-0.25, -0.2) is 14.0 Å². The molecular weight excluding hydrogens is 1420 g/mol. The zero-order chi connectivity index (χ0) is 80.0. The summed E-state index contributed by atoms with van der Waals surface area (Å²) in [6.07, 6.45) is 10.8. The molecule has 0 aliphatic rings. The molecule has 0 fully saturated rings. The van der Waals surface area contributed by atoms with Crippen molar-refractivity contribution < 1.29 is 42.6 Å². The lowest BCUT2D eigenvalue weighted by atomic mass is 9.92. The van der Waals surface area contributed by atoms with Crippen molar-refractivity contribution in [2.24, 2.45) is 5.73 Å². The summed E-state index contributed by atoms with van der Waals surface area (Å²) in [6.45, 7) is 45.3. The number of rotatable bonds is 29. The molecular formula is C87H125ClN10O9Si2. The minimum atomic E-state index is -1.75. The average Bonchev–Trinajstić information content (AvgIpc) is 1.68. The number of nitrogens with two attached hydrogens (primary N) is 1. The van der Waals surface area contributed by atoms with E-state index in [9.17, 15) is 14.4 Å². The van der Waals surface area contributed by atoms with Crippen molar-refractivity contribution >= 4 is 46.4 Å². The van der Waals surface area contributed by atoms with E-state index in [0.29, 0.717) is 64.5 Å². The van der Waals surface area contributed by atoms with Gasteiger partial charge in [-0.3, -0.25) is 29.3 Å². The number of benzene rings is 3. The number of ketones is 3. The molecule has 0 bridgehead atoms. The lowest BCUT2D eigenvalue weighted by Gasteiger charge is -2.36. The van der Waals surface area contributed by atoms with Gasteiger partial charge in [0.1, 0.15) is 34.6 Å². The molecule has 0 aliphatic carbocycles. The Labute approximate surface area is 658 Å². The maximum absolute atomic E-state index is 12.9. The van der Waals surface area contributed by atoms with Crippen molar-refractivity contribution in [2.45, 2.75) is 234 Å². The largest absolute Gasteiger partial charge is 0.497 e. The predicted molar refractivity (Wildman–Crippen MR) is 447 cm³/mol. The second-order valence-electron chi connectivity index (χ2n) is 33.8. The standard InChI is InChI=1S/C31H45N3O3Si.C25H31N3O3.C16H27NO2Si.C15H21N3O.ClH/c1-30(2,3)29-21-26(34(33-29)25-11-10-12-28(20-25)36-7)15-16-27(35)19-23-13-14-24(32-22-23)17-18-37-38(8,9)31(4,5)6;1-25(2,3)24-16-21(28(27-24)20-6-5-7-23(15-20)31-4)10-11-22(30)14-18-8-9-19(12-13-29)26-17-18;1-13(18)11-14-7-8-15(17-12-14)9-10-19-20(5,6)16(2,3)4;1-15(2,3)14-9-12(10-16)18(17-14)11-6-5-7-13(8-11)19-4;/h10-14,20-22H,15-19H2,1-9H3;5-9,15-17,29H,10-14H2,1-4H3;7-8,12H,9-11H2,1-6H3;5-9H,10,16H2,1-4H3;1H. The number of hydrogen-bond acceptors (Lipinski definition) is 16. The van der Waals surface area contributed by atoms with Gasteiger partial charge in [0, 0.05) is 159 Å². The van der Waals surface area contributed by atoms with Gasteiger partial charge in [0.05, 0.1) is 61.2 Å². The van der Waals surface area contributed by atoms with Crippen LogP contribution in [0.2, 0.25) is 36.3 Å². The number of halogens is 1. The Morgan fingerprint density at radius 3 is 1.02 bits per heavy atom. The molecule has 0 amide bonds. The summed E-state index contributed by atoms with van der Waals surface area (Å²) in [5.74, 6) is 2.88. The monoisotopic (exact) mass is 1540 g/mol. The number of pyridine rings is 3. The molecule has 9 rings (SSSR count). The van der Waals surface area contributed by atoms with E-state index in [1.54, 1.807) is 40.6 Å². The number of aliphatic hydroxyl groups is 1. The smallest absolute Gasteiger partial charge is 0.191 e. The number of carbonyl (C=O) groups excluding carboxylic acids is 3. The van der Waals surface area contributed by atoms with Crippen molar-refractivity contribution in [2.75, 3.05) is 41.2 Å². The molecule has 592 valence electrons. The zero-order valence-electron chi connectivity index (χ0n) is 69.5. The Bertz CT molecular complexity index is 4320. The summed E-state index contributed by atoms with van der Waals surface area (Å²) in [6, 6.07) is 41.5. The predicted octanol–water partition coefficient (Wildman–Crippen LogP) is 17.6. The molecule has 0 atom stereocenters. The van der Waals surface area contributed by atoms with E-state index in [-0.39, 0.29) is 62.7 Å². The van der Waals surface area contributed by atoms with Gasteiger partial charge in [-0.2, -0.15) is 15.3 Å². The third-order valence-electron chi connectivity index (χ3n) is 19.6. The second-order valence-corrected chi connectivity index (χ2v) is 43.4. The van der Waals surface area contributed by atoms with E-state index in [4.69, 9.17) is 44.1 Å². The van der Waals surface area contributed by atoms with Gasteiger partial charge in [0.15, 0.2) is 16.6 Å². The van der Waals surface area contributed by atoms with E-state index in [2.05, 4.69) is 168 Å². The molecule has 0 radical (unpaired) electrons. The van der Waals surface area contributed by atoms with Crippen molar-refractivity contribution in [3.05, 3.63) is 214 Å². The lowest BCUT2D eigenvalue weighted by Crippen LogP contribution is -2.41. The van der Waals surface area contributed by atoms with Crippen LogP contribution in [0.1, 0.15) is 192 Å². The van der Waals surface area contributed by atoms with Gasteiger partial charge in [-0.05, 0) is 146 Å². The number of carbonyl (C=O) groups is 3. The SMILES string of the molecule is CC(=O)Cc1ccc(CCO[Si](C)(C)C(C)(C)C)nc1.COc1cccc(-n2nc(C(C)(C)C)cc2CCC(=O)Cc2ccc(CCO)nc2)c1.COc1cccc(-n2nc(C(C)(C)C)cc2CCC(=O)Cc2ccc(CCO[Si](C)(C)C(C)(C)C)nc2)c1.COc1cccc(-n2nc(C(C)(C)C)cc2CN)c1.Cl. The molecule has 3 aromatic carbocycles. The van der Waals surface area contributed by atoms with Crippen LogP contribution in [-0.2, 0) is 97.4 Å². The van der Waals surface area contributed by atoms with E-state index in [1.807, 2.05) is 129 Å². The van der Waals surface area contributed by atoms with E-state index >= 15 is 0 Å². The highest BCUT2D eigenvalue weighted by molar-refractivity contribution is 6.74. The Morgan fingerprint density at radius 1 is 0.431 bits per heavy atom. The molecule has 109 heavy (non-hydrogen) atoms. The Morgan fingerprint density at radius 2 is 0.743 bits per heavy atom. The number of methoxy groups -OCH3 is 3. The lowest BCUT2D eigenvalue weighted by molar-refractivity contribution is -0.119. The first-order valence-corrected chi connectivity index (χ1v) is 43.5. The number of aryl methyl sites for hydroxylation is 2. The molecule has 22 heteroatoms. The number of aromatic nitrogens is 9. The van der Waals surface area contributed by atoms with E-state index in [0.717, 1.165) is 122 Å². The molecule has 0 saturated heterocycles. The highest BCUT2D eigenvalue weighted by Crippen LogP contribution is 2.38.